The van der Waals surface area contributed by atoms with Crippen molar-refractivity contribution in [2.45, 2.75) is 4.90 Å². The molecule has 1 aromatic rings. The predicted molar refractivity (Wildman–Crippen MR) is 70.1 cm³/mol. The van der Waals surface area contributed by atoms with Crippen LogP contribution in [-0.4, -0.2) is 66.9 Å². The Morgan fingerprint density at radius 1 is 1.45 bits per heavy atom. The van der Waals surface area contributed by atoms with Crippen LogP contribution in [0.15, 0.2) is 17.2 Å². The molecule has 0 saturated heterocycles. The second-order valence-electron chi connectivity index (χ2n) is 4.10. The predicted octanol–water partition coefficient (Wildman–Crippen LogP) is -0.647. The highest BCUT2D eigenvalue weighted by atomic mass is 32.2. The Kier molecular flexibility index (Phi) is 5.69. The first-order chi connectivity index (χ1) is 9.34. The summed E-state index contributed by atoms with van der Waals surface area (Å²) in [6, 6.07) is 1.09. The minimum Gasteiger partial charge on any atom is -0.477 e. The van der Waals surface area contributed by atoms with Gasteiger partial charge in [0.1, 0.15) is 10.6 Å². The van der Waals surface area contributed by atoms with E-state index in [4.69, 9.17) is 14.9 Å². The third-order valence-electron chi connectivity index (χ3n) is 2.73. The monoisotopic (exact) mass is 306 g/mol. The van der Waals surface area contributed by atoms with Gasteiger partial charge in [-0.05, 0) is 6.07 Å². The van der Waals surface area contributed by atoms with Gasteiger partial charge >= 0.3 is 5.97 Å². The Bertz CT molecular complexity index is 565. The summed E-state index contributed by atoms with van der Waals surface area (Å²) in [4.78, 5) is 10.8. The van der Waals surface area contributed by atoms with Gasteiger partial charge in [0.2, 0.25) is 10.0 Å². The van der Waals surface area contributed by atoms with E-state index in [-0.39, 0.29) is 36.9 Å². The second-order valence-corrected chi connectivity index (χ2v) is 6.04. The van der Waals surface area contributed by atoms with Crippen LogP contribution in [-0.2, 0) is 21.8 Å². The Morgan fingerprint density at radius 2 is 2.10 bits per heavy atom. The van der Waals surface area contributed by atoms with Crippen LogP contribution in [0.1, 0.15) is 10.5 Å². The molecule has 1 rings (SSSR count). The molecule has 0 aliphatic heterocycles. The Morgan fingerprint density at radius 3 is 2.55 bits per heavy atom. The molecule has 1 heterocycles. The lowest BCUT2D eigenvalue weighted by Gasteiger charge is -2.20. The molecule has 8 nitrogen and oxygen atoms in total. The van der Waals surface area contributed by atoms with Crippen molar-refractivity contribution >= 4 is 16.0 Å². The number of rotatable bonds is 8. The number of ether oxygens (including phenoxy) is 1. The largest absolute Gasteiger partial charge is 0.477 e. The molecule has 0 saturated carbocycles. The SMILES string of the molecule is COCCN(CCO)S(=O)(=O)c1cc(C(=O)O)n(C)c1. The third-order valence-corrected chi connectivity index (χ3v) is 4.59. The number of sulfonamides is 1. The fourth-order valence-corrected chi connectivity index (χ4v) is 3.18. The van der Waals surface area contributed by atoms with Gasteiger partial charge in [-0.25, -0.2) is 13.2 Å². The van der Waals surface area contributed by atoms with Crippen molar-refractivity contribution in [3.8, 4) is 0 Å². The smallest absolute Gasteiger partial charge is 0.352 e. The highest BCUT2D eigenvalue weighted by molar-refractivity contribution is 7.89. The van der Waals surface area contributed by atoms with Crippen LogP contribution in [0.5, 0.6) is 0 Å². The van der Waals surface area contributed by atoms with E-state index in [0.29, 0.717) is 0 Å². The molecule has 0 amide bonds. The molecule has 0 aromatic carbocycles. The fourth-order valence-electron chi connectivity index (χ4n) is 1.69. The summed E-state index contributed by atoms with van der Waals surface area (Å²) >= 11 is 0. The lowest BCUT2D eigenvalue weighted by atomic mass is 10.4. The quantitative estimate of drug-likeness (QED) is 0.661. The summed E-state index contributed by atoms with van der Waals surface area (Å²) in [6.07, 6.45) is 1.23. The molecule has 0 fully saturated rings. The maximum Gasteiger partial charge on any atom is 0.352 e. The summed E-state index contributed by atoms with van der Waals surface area (Å²) < 4.78 is 31.8. The van der Waals surface area contributed by atoms with Crippen molar-refractivity contribution in [1.29, 1.82) is 0 Å². The Hall–Kier alpha value is -1.42. The number of aliphatic hydroxyl groups excluding tert-OH is 1. The van der Waals surface area contributed by atoms with Gasteiger partial charge in [0.15, 0.2) is 0 Å². The van der Waals surface area contributed by atoms with Crippen LogP contribution in [0, 0.1) is 0 Å². The number of hydrogen-bond acceptors (Lipinski definition) is 5. The van der Waals surface area contributed by atoms with Crippen LogP contribution >= 0.6 is 0 Å². The van der Waals surface area contributed by atoms with E-state index >= 15 is 0 Å². The topological polar surface area (TPSA) is 109 Å². The number of aryl methyl sites for hydroxylation is 1. The molecule has 114 valence electrons. The van der Waals surface area contributed by atoms with Gasteiger partial charge in [-0.1, -0.05) is 0 Å². The number of aromatic carboxylic acids is 1. The summed E-state index contributed by atoms with van der Waals surface area (Å²) in [5.74, 6) is -1.21. The molecule has 2 N–H and O–H groups in total. The van der Waals surface area contributed by atoms with Gasteiger partial charge in [0.05, 0.1) is 13.2 Å². The van der Waals surface area contributed by atoms with Gasteiger partial charge in [-0.15, -0.1) is 0 Å². The molecule has 0 unspecified atom stereocenters. The number of carboxylic acid groups (broad SMARTS) is 1. The number of nitrogens with zero attached hydrogens (tertiary/aromatic N) is 2. The van der Waals surface area contributed by atoms with Crippen molar-refractivity contribution in [2.75, 3.05) is 33.4 Å². The average Bonchev–Trinajstić information content (AvgIpc) is 2.77. The normalized spacial score (nSPS) is 12.0. The molecule has 0 aliphatic rings. The van der Waals surface area contributed by atoms with Gasteiger partial charge < -0.3 is 19.5 Å². The first-order valence-electron chi connectivity index (χ1n) is 5.84. The lowest BCUT2D eigenvalue weighted by molar-refractivity contribution is 0.0686. The van der Waals surface area contributed by atoms with Crippen molar-refractivity contribution in [1.82, 2.24) is 8.87 Å². The summed E-state index contributed by atoms with van der Waals surface area (Å²) in [7, 11) is -0.970. The lowest BCUT2D eigenvalue weighted by Crippen LogP contribution is -2.36. The standard InChI is InChI=1S/C11H18N2O6S/c1-12-8-9(7-10(12)11(15)16)20(17,18)13(3-5-14)4-6-19-2/h7-8,14H,3-6H2,1-2H3,(H,15,16). The maximum atomic E-state index is 12.4. The van der Waals surface area contributed by atoms with Crippen LogP contribution in [0.2, 0.25) is 0 Å². The molecule has 9 heteroatoms. The zero-order valence-electron chi connectivity index (χ0n) is 11.3. The number of aliphatic hydroxyl groups is 1. The maximum absolute atomic E-state index is 12.4. The molecule has 0 atom stereocenters. The molecule has 20 heavy (non-hydrogen) atoms. The first-order valence-corrected chi connectivity index (χ1v) is 7.28. The second kappa shape index (κ2) is 6.84. The highest BCUT2D eigenvalue weighted by Crippen LogP contribution is 2.18. The van der Waals surface area contributed by atoms with E-state index in [1.165, 1.54) is 24.9 Å². The van der Waals surface area contributed by atoms with Gasteiger partial charge in [0.25, 0.3) is 0 Å². The van der Waals surface area contributed by atoms with Gasteiger partial charge in [-0.3, -0.25) is 0 Å². The van der Waals surface area contributed by atoms with Crippen molar-refractivity contribution in [2.24, 2.45) is 7.05 Å². The van der Waals surface area contributed by atoms with Gasteiger partial charge in [-0.2, -0.15) is 4.31 Å². The Labute approximate surface area is 117 Å². The van der Waals surface area contributed by atoms with E-state index in [2.05, 4.69) is 0 Å². The fraction of sp³-hybridized carbons (Fsp3) is 0.545. The number of methoxy groups -OCH3 is 1. The summed E-state index contributed by atoms with van der Waals surface area (Å²) in [6.45, 7) is -0.154. The first kappa shape index (κ1) is 16.6. The van der Waals surface area contributed by atoms with Crippen LogP contribution in [0.25, 0.3) is 0 Å². The zero-order chi connectivity index (χ0) is 15.3. The molecule has 0 spiro atoms. The summed E-state index contributed by atoms with van der Waals surface area (Å²) in [5, 5.41) is 17.9. The zero-order valence-corrected chi connectivity index (χ0v) is 12.1. The number of aromatic nitrogens is 1. The van der Waals surface area contributed by atoms with Crippen LogP contribution in [0.4, 0.5) is 0 Å². The Balaban J connectivity index is 3.12. The van der Waals surface area contributed by atoms with Crippen molar-refractivity contribution in [3.63, 3.8) is 0 Å². The molecule has 0 radical (unpaired) electrons. The average molecular weight is 306 g/mol. The molecular weight excluding hydrogens is 288 g/mol. The molecule has 1 aromatic heterocycles. The van der Waals surface area contributed by atoms with E-state index in [1.807, 2.05) is 0 Å². The molecular formula is C11H18N2O6S. The van der Waals surface area contributed by atoms with Crippen molar-refractivity contribution < 1.29 is 28.2 Å². The highest BCUT2D eigenvalue weighted by Gasteiger charge is 2.26. The van der Waals surface area contributed by atoms with E-state index in [0.717, 1.165) is 10.4 Å². The van der Waals surface area contributed by atoms with E-state index < -0.39 is 16.0 Å². The van der Waals surface area contributed by atoms with Crippen LogP contribution in [0.3, 0.4) is 0 Å². The van der Waals surface area contributed by atoms with E-state index in [1.54, 1.807) is 0 Å². The van der Waals surface area contributed by atoms with E-state index in [9.17, 15) is 13.2 Å². The minimum absolute atomic E-state index is 0.0801. The molecule has 0 bridgehead atoms. The number of hydrogen-bond donors (Lipinski definition) is 2. The summed E-state index contributed by atoms with van der Waals surface area (Å²) in [5.41, 5.74) is -0.126. The third kappa shape index (κ3) is 3.57. The van der Waals surface area contributed by atoms with Crippen molar-refractivity contribution in [3.05, 3.63) is 18.0 Å². The molecule has 0 aliphatic carbocycles. The van der Waals surface area contributed by atoms with Crippen LogP contribution < -0.4 is 0 Å². The number of carbonyl (C=O) groups is 1. The minimum atomic E-state index is -3.86. The number of carboxylic acids is 1. The van der Waals surface area contributed by atoms with Gasteiger partial charge in [0, 0.05) is 33.4 Å².